The van der Waals surface area contributed by atoms with Crippen LogP contribution >= 0.6 is 0 Å². The molecule has 0 radical (unpaired) electrons. The van der Waals surface area contributed by atoms with Crippen molar-refractivity contribution in [3.05, 3.63) is 102 Å². The molecule has 180 valence electrons. The maximum atomic E-state index is 13.3. The van der Waals surface area contributed by atoms with Crippen molar-refractivity contribution < 1.29 is 23.5 Å². The first-order chi connectivity index (χ1) is 17.4. The average molecular weight is 483 g/mol. The first-order valence-electron chi connectivity index (χ1n) is 11.3. The number of aromatic nitrogens is 1. The van der Waals surface area contributed by atoms with E-state index in [1.807, 2.05) is 66.2 Å². The van der Waals surface area contributed by atoms with Crippen LogP contribution in [-0.4, -0.2) is 29.0 Å². The molecule has 3 aromatic carbocycles. The highest BCUT2D eigenvalue weighted by Crippen LogP contribution is 2.27. The van der Waals surface area contributed by atoms with E-state index in [1.165, 1.54) is 18.2 Å². The van der Waals surface area contributed by atoms with E-state index in [2.05, 4.69) is 5.32 Å². The summed E-state index contributed by atoms with van der Waals surface area (Å²) >= 11 is 0. The van der Waals surface area contributed by atoms with Crippen molar-refractivity contribution in [1.29, 1.82) is 0 Å². The van der Waals surface area contributed by atoms with E-state index < -0.39 is 23.7 Å². The van der Waals surface area contributed by atoms with E-state index in [0.29, 0.717) is 18.7 Å². The number of benzene rings is 3. The number of carbonyl (C=O) groups excluding carboxylic acids is 3. The highest BCUT2D eigenvalue weighted by Gasteiger charge is 2.37. The van der Waals surface area contributed by atoms with Crippen LogP contribution < -0.4 is 15.0 Å². The Bertz CT molecular complexity index is 1500. The standard InChI is InChI=1S/C28H22FN3O4/c1-18-6-12-22(13-7-18)36-15-14-31-17-19(23-4-2-3-5-25(23)31)16-24-26(33)30-28(35)32(27(24)34)21-10-8-20(29)9-11-21/h2-13,16-17H,14-15H2,1H3,(H,30,33,35)/b24-16-. The number of rotatable bonds is 6. The zero-order valence-corrected chi connectivity index (χ0v) is 19.4. The number of carbonyl (C=O) groups is 3. The maximum absolute atomic E-state index is 13.3. The number of barbiturate groups is 1. The highest BCUT2D eigenvalue weighted by atomic mass is 19.1. The van der Waals surface area contributed by atoms with Crippen LogP contribution in [0.15, 0.2) is 84.6 Å². The molecule has 4 amide bonds. The number of urea groups is 1. The van der Waals surface area contributed by atoms with Gasteiger partial charge in [0.25, 0.3) is 11.8 Å². The monoisotopic (exact) mass is 483 g/mol. The molecule has 0 unspecified atom stereocenters. The third kappa shape index (κ3) is 4.48. The summed E-state index contributed by atoms with van der Waals surface area (Å²) in [6.45, 7) is 2.97. The molecule has 0 aliphatic carbocycles. The van der Waals surface area contributed by atoms with Crippen LogP contribution in [0.25, 0.3) is 17.0 Å². The third-order valence-corrected chi connectivity index (χ3v) is 5.93. The molecule has 1 aromatic heterocycles. The number of nitrogens with one attached hydrogen (secondary N) is 1. The number of imide groups is 2. The van der Waals surface area contributed by atoms with Crippen LogP contribution in [0.1, 0.15) is 11.1 Å². The summed E-state index contributed by atoms with van der Waals surface area (Å²) in [5, 5.41) is 3.03. The number of nitrogens with zero attached hydrogens (tertiary/aromatic N) is 2. The lowest BCUT2D eigenvalue weighted by Gasteiger charge is -2.26. The number of ether oxygens (including phenoxy) is 1. The number of fused-ring (bicyclic) bond motifs is 1. The van der Waals surface area contributed by atoms with Gasteiger partial charge in [-0.2, -0.15) is 0 Å². The smallest absolute Gasteiger partial charge is 0.335 e. The quantitative estimate of drug-likeness (QED) is 0.315. The largest absolute Gasteiger partial charge is 0.492 e. The molecule has 36 heavy (non-hydrogen) atoms. The van der Waals surface area contributed by atoms with Crippen LogP contribution in [-0.2, 0) is 16.1 Å². The summed E-state index contributed by atoms with van der Waals surface area (Å²) in [7, 11) is 0. The summed E-state index contributed by atoms with van der Waals surface area (Å²) in [4.78, 5) is 39.0. The predicted octanol–water partition coefficient (Wildman–Crippen LogP) is 4.83. The molecule has 7 nitrogen and oxygen atoms in total. The molecule has 0 bridgehead atoms. The number of halogens is 1. The molecule has 1 aliphatic rings. The molecule has 0 atom stereocenters. The minimum Gasteiger partial charge on any atom is -0.492 e. The number of aryl methyl sites for hydroxylation is 1. The van der Waals surface area contributed by atoms with Gasteiger partial charge >= 0.3 is 6.03 Å². The Labute approximate surface area is 206 Å². The first-order valence-corrected chi connectivity index (χ1v) is 11.3. The first kappa shape index (κ1) is 23.0. The fourth-order valence-electron chi connectivity index (χ4n) is 4.11. The minimum atomic E-state index is -0.885. The minimum absolute atomic E-state index is 0.160. The van der Waals surface area contributed by atoms with E-state index in [-0.39, 0.29) is 11.3 Å². The number of amides is 4. The van der Waals surface area contributed by atoms with Crippen LogP contribution in [0.2, 0.25) is 0 Å². The van der Waals surface area contributed by atoms with Gasteiger partial charge in [0.1, 0.15) is 23.7 Å². The molecule has 1 fully saturated rings. The molecule has 5 rings (SSSR count). The molecule has 2 heterocycles. The van der Waals surface area contributed by atoms with E-state index in [1.54, 1.807) is 0 Å². The second kappa shape index (κ2) is 9.50. The fraction of sp³-hybridized carbons (Fsp3) is 0.107. The van der Waals surface area contributed by atoms with Gasteiger partial charge in [-0.3, -0.25) is 14.9 Å². The number of para-hydroxylation sites is 1. The molecule has 1 aliphatic heterocycles. The molecular formula is C28H22FN3O4. The van der Waals surface area contributed by atoms with E-state index >= 15 is 0 Å². The Hall–Kier alpha value is -4.72. The molecule has 0 saturated carbocycles. The number of hydrogen-bond acceptors (Lipinski definition) is 4. The average Bonchev–Trinajstić information content (AvgIpc) is 3.21. The molecule has 1 N–H and O–H groups in total. The molecule has 8 heteroatoms. The van der Waals surface area contributed by atoms with Gasteiger partial charge in [0, 0.05) is 22.7 Å². The van der Waals surface area contributed by atoms with Crippen LogP contribution in [0.3, 0.4) is 0 Å². The van der Waals surface area contributed by atoms with E-state index in [0.717, 1.165) is 39.2 Å². The van der Waals surface area contributed by atoms with Crippen molar-refractivity contribution in [1.82, 2.24) is 9.88 Å². The lowest BCUT2D eigenvalue weighted by atomic mass is 10.1. The summed E-state index contributed by atoms with van der Waals surface area (Å²) in [5.74, 6) is -1.30. The van der Waals surface area contributed by atoms with Crippen molar-refractivity contribution in [2.45, 2.75) is 13.5 Å². The van der Waals surface area contributed by atoms with Crippen LogP contribution in [0.5, 0.6) is 5.75 Å². The van der Waals surface area contributed by atoms with Crippen molar-refractivity contribution in [2.24, 2.45) is 0 Å². The van der Waals surface area contributed by atoms with Gasteiger partial charge < -0.3 is 9.30 Å². The van der Waals surface area contributed by atoms with Crippen LogP contribution in [0.4, 0.5) is 14.9 Å². The van der Waals surface area contributed by atoms with Gasteiger partial charge in [0.05, 0.1) is 12.2 Å². The fourth-order valence-corrected chi connectivity index (χ4v) is 4.11. The Morgan fingerprint density at radius 2 is 1.67 bits per heavy atom. The van der Waals surface area contributed by atoms with Gasteiger partial charge in [-0.25, -0.2) is 14.1 Å². The van der Waals surface area contributed by atoms with Gasteiger partial charge in [-0.15, -0.1) is 0 Å². The third-order valence-electron chi connectivity index (χ3n) is 5.93. The number of hydrogen-bond donors (Lipinski definition) is 1. The lowest BCUT2D eigenvalue weighted by Crippen LogP contribution is -2.54. The van der Waals surface area contributed by atoms with Gasteiger partial charge in [-0.05, 0) is 55.5 Å². The summed E-state index contributed by atoms with van der Waals surface area (Å²) in [6.07, 6.45) is 3.32. The Balaban J connectivity index is 1.44. The van der Waals surface area contributed by atoms with Crippen molar-refractivity contribution in [3.8, 4) is 5.75 Å². The second-order valence-electron chi connectivity index (χ2n) is 8.39. The van der Waals surface area contributed by atoms with Crippen molar-refractivity contribution in [3.63, 3.8) is 0 Å². The summed E-state index contributed by atoms with van der Waals surface area (Å²) < 4.78 is 21.2. The molecule has 4 aromatic rings. The van der Waals surface area contributed by atoms with Crippen molar-refractivity contribution in [2.75, 3.05) is 11.5 Å². The van der Waals surface area contributed by atoms with Gasteiger partial charge in [0.15, 0.2) is 0 Å². The molecule has 0 spiro atoms. The lowest BCUT2D eigenvalue weighted by molar-refractivity contribution is -0.122. The molecular weight excluding hydrogens is 461 g/mol. The van der Waals surface area contributed by atoms with Crippen LogP contribution in [0, 0.1) is 12.7 Å². The Morgan fingerprint density at radius 3 is 2.42 bits per heavy atom. The zero-order valence-electron chi connectivity index (χ0n) is 19.4. The highest BCUT2D eigenvalue weighted by molar-refractivity contribution is 6.39. The second-order valence-corrected chi connectivity index (χ2v) is 8.39. The van der Waals surface area contributed by atoms with E-state index in [4.69, 9.17) is 4.74 Å². The predicted molar refractivity (Wildman–Crippen MR) is 134 cm³/mol. The number of anilines is 1. The van der Waals surface area contributed by atoms with E-state index in [9.17, 15) is 18.8 Å². The maximum Gasteiger partial charge on any atom is 0.335 e. The summed E-state index contributed by atoms with van der Waals surface area (Å²) in [6, 6.07) is 19.4. The Morgan fingerprint density at radius 1 is 0.944 bits per heavy atom. The topological polar surface area (TPSA) is 80.6 Å². The van der Waals surface area contributed by atoms with Gasteiger partial charge in [-0.1, -0.05) is 35.9 Å². The normalized spacial score (nSPS) is 15.0. The van der Waals surface area contributed by atoms with Gasteiger partial charge in [0.2, 0.25) is 0 Å². The SMILES string of the molecule is Cc1ccc(OCCn2cc(/C=C3/C(=O)NC(=O)N(c4ccc(F)cc4)C3=O)c3ccccc32)cc1. The van der Waals surface area contributed by atoms with Crippen molar-refractivity contribution >= 4 is 40.5 Å². The molecule has 1 saturated heterocycles. The summed E-state index contributed by atoms with van der Waals surface area (Å²) in [5.41, 5.74) is 2.67. The Kier molecular flexibility index (Phi) is 6.08. The zero-order chi connectivity index (χ0) is 25.2.